The summed E-state index contributed by atoms with van der Waals surface area (Å²) in [5, 5.41) is 0. The lowest BCUT2D eigenvalue weighted by atomic mass is 9.91. The fourth-order valence-electron chi connectivity index (χ4n) is 3.41. The standard InChI is InChI=1S/C19H27NO2/c1-4-10-17-13-9-14-18(19(21)22-5-2)20(17)15(3)16-11-7-6-8-12-16/h4,6-8,10-12,15,17-18H,5,9,13-14H2,1-3H3/b10-4-/t15-,17-,18?/m1/s1. The molecule has 2 rings (SSSR count). The number of rotatable bonds is 5. The predicted molar refractivity (Wildman–Crippen MR) is 89.6 cm³/mol. The van der Waals surface area contributed by atoms with Crippen LogP contribution in [0.4, 0.5) is 0 Å². The molecular weight excluding hydrogens is 274 g/mol. The fraction of sp³-hybridized carbons (Fsp3) is 0.526. The molecule has 1 heterocycles. The van der Waals surface area contributed by atoms with E-state index in [1.165, 1.54) is 5.56 Å². The second-order valence-electron chi connectivity index (χ2n) is 5.83. The summed E-state index contributed by atoms with van der Waals surface area (Å²) in [7, 11) is 0. The van der Waals surface area contributed by atoms with Gasteiger partial charge in [0.05, 0.1) is 6.61 Å². The molecule has 0 aromatic heterocycles. The van der Waals surface area contributed by atoms with Gasteiger partial charge in [0.25, 0.3) is 0 Å². The molecule has 0 bridgehead atoms. The third-order valence-corrected chi connectivity index (χ3v) is 4.42. The maximum absolute atomic E-state index is 12.4. The molecule has 1 aromatic rings. The Kier molecular flexibility index (Phi) is 6.20. The molecule has 0 spiro atoms. The van der Waals surface area contributed by atoms with Gasteiger partial charge in [0, 0.05) is 12.1 Å². The summed E-state index contributed by atoms with van der Waals surface area (Å²) in [5.74, 6) is -0.0838. The summed E-state index contributed by atoms with van der Waals surface area (Å²) >= 11 is 0. The molecule has 1 unspecified atom stereocenters. The Morgan fingerprint density at radius 3 is 2.73 bits per heavy atom. The van der Waals surface area contributed by atoms with E-state index in [-0.39, 0.29) is 18.1 Å². The SMILES string of the molecule is C/C=C\[C@@H]1CCCC(C(=O)OCC)N1[C@H](C)c1ccccc1. The van der Waals surface area contributed by atoms with Crippen LogP contribution in [0, 0.1) is 0 Å². The average molecular weight is 301 g/mol. The first-order valence-corrected chi connectivity index (χ1v) is 8.30. The molecule has 0 amide bonds. The topological polar surface area (TPSA) is 29.5 Å². The van der Waals surface area contributed by atoms with Crippen molar-refractivity contribution in [3.63, 3.8) is 0 Å². The summed E-state index contributed by atoms with van der Waals surface area (Å²) in [6, 6.07) is 10.7. The van der Waals surface area contributed by atoms with E-state index in [2.05, 4.69) is 48.2 Å². The minimum Gasteiger partial charge on any atom is -0.465 e. The minimum atomic E-state index is -0.148. The fourth-order valence-corrected chi connectivity index (χ4v) is 3.41. The highest BCUT2D eigenvalue weighted by Gasteiger charge is 2.37. The van der Waals surface area contributed by atoms with Crippen molar-refractivity contribution in [2.24, 2.45) is 0 Å². The number of allylic oxidation sites excluding steroid dienone is 1. The lowest BCUT2D eigenvalue weighted by Crippen LogP contribution is -2.51. The monoisotopic (exact) mass is 301 g/mol. The van der Waals surface area contributed by atoms with Crippen LogP contribution < -0.4 is 0 Å². The van der Waals surface area contributed by atoms with Crippen LogP contribution in [0.3, 0.4) is 0 Å². The van der Waals surface area contributed by atoms with Gasteiger partial charge in [-0.1, -0.05) is 42.5 Å². The van der Waals surface area contributed by atoms with E-state index < -0.39 is 0 Å². The van der Waals surface area contributed by atoms with Crippen LogP contribution >= 0.6 is 0 Å². The molecule has 3 heteroatoms. The third-order valence-electron chi connectivity index (χ3n) is 4.42. The number of hydrogen-bond acceptors (Lipinski definition) is 3. The molecular formula is C19H27NO2. The molecule has 1 saturated heterocycles. The Hall–Kier alpha value is -1.61. The van der Waals surface area contributed by atoms with E-state index in [4.69, 9.17) is 4.74 Å². The Balaban J connectivity index is 2.30. The van der Waals surface area contributed by atoms with E-state index in [0.717, 1.165) is 19.3 Å². The smallest absolute Gasteiger partial charge is 0.323 e. The number of ether oxygens (including phenoxy) is 1. The molecule has 1 aromatic carbocycles. The van der Waals surface area contributed by atoms with Gasteiger partial charge in [-0.2, -0.15) is 0 Å². The molecule has 0 N–H and O–H groups in total. The zero-order valence-corrected chi connectivity index (χ0v) is 13.9. The first kappa shape index (κ1) is 16.8. The normalized spacial score (nSPS) is 24.3. The second-order valence-corrected chi connectivity index (χ2v) is 5.83. The number of piperidine rings is 1. The molecule has 22 heavy (non-hydrogen) atoms. The predicted octanol–water partition coefficient (Wildman–Crippen LogP) is 4.11. The molecule has 1 aliphatic heterocycles. The summed E-state index contributed by atoms with van der Waals surface area (Å²) < 4.78 is 5.32. The lowest BCUT2D eigenvalue weighted by molar-refractivity contribution is -0.153. The van der Waals surface area contributed by atoms with Crippen LogP contribution in [-0.2, 0) is 9.53 Å². The molecule has 1 fully saturated rings. The van der Waals surface area contributed by atoms with Gasteiger partial charge in [-0.05, 0) is 45.6 Å². The largest absolute Gasteiger partial charge is 0.465 e. The molecule has 0 radical (unpaired) electrons. The number of hydrogen-bond donors (Lipinski definition) is 0. The zero-order valence-electron chi connectivity index (χ0n) is 13.9. The zero-order chi connectivity index (χ0) is 15.9. The minimum absolute atomic E-state index is 0.0838. The highest BCUT2D eigenvalue weighted by atomic mass is 16.5. The van der Waals surface area contributed by atoms with Crippen molar-refractivity contribution < 1.29 is 9.53 Å². The molecule has 3 atom stereocenters. The molecule has 120 valence electrons. The van der Waals surface area contributed by atoms with Gasteiger partial charge in [0.2, 0.25) is 0 Å². The van der Waals surface area contributed by atoms with Crippen molar-refractivity contribution in [1.82, 2.24) is 4.90 Å². The van der Waals surface area contributed by atoms with Crippen molar-refractivity contribution in [3.8, 4) is 0 Å². The number of carbonyl (C=O) groups excluding carboxylic acids is 1. The van der Waals surface area contributed by atoms with Crippen LogP contribution in [0.1, 0.15) is 51.6 Å². The molecule has 1 aliphatic rings. The van der Waals surface area contributed by atoms with Gasteiger partial charge in [0.15, 0.2) is 0 Å². The van der Waals surface area contributed by atoms with Crippen molar-refractivity contribution in [2.75, 3.05) is 6.61 Å². The van der Waals surface area contributed by atoms with Crippen LogP contribution in [-0.4, -0.2) is 29.6 Å². The lowest BCUT2D eigenvalue weighted by Gasteiger charge is -2.43. The maximum atomic E-state index is 12.4. The van der Waals surface area contributed by atoms with Gasteiger partial charge in [-0.25, -0.2) is 0 Å². The number of esters is 1. The Morgan fingerprint density at radius 1 is 1.36 bits per heavy atom. The van der Waals surface area contributed by atoms with E-state index in [1.807, 2.05) is 19.9 Å². The Bertz CT molecular complexity index is 497. The number of nitrogens with zero attached hydrogens (tertiary/aromatic N) is 1. The summed E-state index contributed by atoms with van der Waals surface area (Å²) in [6.07, 6.45) is 7.34. The van der Waals surface area contributed by atoms with Gasteiger partial charge in [0.1, 0.15) is 6.04 Å². The highest BCUT2D eigenvalue weighted by Crippen LogP contribution is 2.33. The number of likely N-dealkylation sites (tertiary alicyclic amines) is 1. The number of benzene rings is 1. The van der Waals surface area contributed by atoms with E-state index in [9.17, 15) is 4.79 Å². The number of carbonyl (C=O) groups is 1. The van der Waals surface area contributed by atoms with Crippen LogP contribution in [0.25, 0.3) is 0 Å². The summed E-state index contributed by atoms with van der Waals surface area (Å²) in [5.41, 5.74) is 1.24. The van der Waals surface area contributed by atoms with Gasteiger partial charge in [-0.3, -0.25) is 9.69 Å². The van der Waals surface area contributed by atoms with Crippen molar-refractivity contribution >= 4 is 5.97 Å². The molecule has 0 saturated carbocycles. The van der Waals surface area contributed by atoms with Crippen LogP contribution in [0.2, 0.25) is 0 Å². The molecule has 3 nitrogen and oxygen atoms in total. The summed E-state index contributed by atoms with van der Waals surface area (Å²) in [4.78, 5) is 14.7. The Morgan fingerprint density at radius 2 is 2.09 bits per heavy atom. The third kappa shape index (κ3) is 3.77. The van der Waals surface area contributed by atoms with E-state index >= 15 is 0 Å². The van der Waals surface area contributed by atoms with Gasteiger partial charge in [-0.15, -0.1) is 0 Å². The van der Waals surface area contributed by atoms with E-state index in [0.29, 0.717) is 12.6 Å². The first-order valence-electron chi connectivity index (χ1n) is 8.30. The quantitative estimate of drug-likeness (QED) is 0.605. The van der Waals surface area contributed by atoms with Crippen molar-refractivity contribution in [1.29, 1.82) is 0 Å². The molecule has 0 aliphatic carbocycles. The summed E-state index contributed by atoms with van der Waals surface area (Å²) in [6.45, 7) is 6.54. The van der Waals surface area contributed by atoms with Gasteiger partial charge < -0.3 is 4.74 Å². The first-order chi connectivity index (χ1) is 10.7. The second kappa shape index (κ2) is 8.14. The van der Waals surface area contributed by atoms with Crippen LogP contribution in [0.5, 0.6) is 0 Å². The van der Waals surface area contributed by atoms with Gasteiger partial charge >= 0.3 is 5.97 Å². The van der Waals surface area contributed by atoms with E-state index in [1.54, 1.807) is 0 Å². The van der Waals surface area contributed by atoms with Crippen molar-refractivity contribution in [2.45, 2.75) is 58.2 Å². The average Bonchev–Trinajstić information content (AvgIpc) is 2.55. The van der Waals surface area contributed by atoms with Crippen LogP contribution in [0.15, 0.2) is 42.5 Å². The highest BCUT2D eigenvalue weighted by molar-refractivity contribution is 5.76. The Labute approximate surface area is 134 Å². The maximum Gasteiger partial charge on any atom is 0.323 e. The van der Waals surface area contributed by atoms with Crippen molar-refractivity contribution in [3.05, 3.63) is 48.0 Å².